The van der Waals surface area contributed by atoms with E-state index in [2.05, 4.69) is 13.0 Å². The molecule has 0 aliphatic heterocycles. The molecule has 2 fully saturated rings. The summed E-state index contributed by atoms with van der Waals surface area (Å²) >= 11 is 0. The molecule has 1 aromatic carbocycles. The summed E-state index contributed by atoms with van der Waals surface area (Å²) < 4.78 is 0. The molecule has 0 bridgehead atoms. The third-order valence-corrected chi connectivity index (χ3v) is 7.03. The van der Waals surface area contributed by atoms with Crippen molar-refractivity contribution in [2.75, 3.05) is 0 Å². The quantitative estimate of drug-likeness (QED) is 0.772. The molecular formula is C19H23NO2. The Hall–Kier alpha value is -1.53. The summed E-state index contributed by atoms with van der Waals surface area (Å²) in [5, 5.41) is 30.3. The van der Waals surface area contributed by atoms with Crippen molar-refractivity contribution in [3.8, 4) is 11.8 Å². The van der Waals surface area contributed by atoms with Crippen LogP contribution in [0, 0.1) is 28.6 Å². The lowest BCUT2D eigenvalue weighted by atomic mass is 9.49. The minimum absolute atomic E-state index is 0.0144. The molecule has 0 saturated heterocycles. The van der Waals surface area contributed by atoms with E-state index in [1.165, 1.54) is 0 Å². The van der Waals surface area contributed by atoms with Crippen molar-refractivity contribution in [2.45, 2.75) is 57.0 Å². The van der Waals surface area contributed by atoms with E-state index in [1.807, 2.05) is 12.1 Å². The second kappa shape index (κ2) is 4.49. The van der Waals surface area contributed by atoms with Gasteiger partial charge in [0.1, 0.15) is 5.75 Å². The molecule has 5 atom stereocenters. The number of benzene rings is 1. The number of phenolic OH excluding ortho intramolecular Hbond substituents is 1. The molecular weight excluding hydrogens is 274 g/mol. The van der Waals surface area contributed by atoms with Crippen molar-refractivity contribution >= 4 is 0 Å². The number of fused-ring (bicyclic) bond motifs is 5. The number of hydrogen-bond acceptors (Lipinski definition) is 3. The number of nitrogens with zero attached hydrogens (tertiary/aromatic N) is 1. The number of hydrogen-bond donors (Lipinski definition) is 2. The van der Waals surface area contributed by atoms with Crippen LogP contribution in [0.25, 0.3) is 0 Å². The average molecular weight is 297 g/mol. The molecule has 4 rings (SSSR count). The van der Waals surface area contributed by atoms with E-state index in [1.54, 1.807) is 6.07 Å². The number of rotatable bonds is 0. The minimum atomic E-state index is -0.421. The van der Waals surface area contributed by atoms with Gasteiger partial charge in [-0.1, -0.05) is 13.0 Å². The van der Waals surface area contributed by atoms with E-state index in [4.69, 9.17) is 0 Å². The predicted octanol–water partition coefficient (Wildman–Crippen LogP) is 3.29. The normalized spacial score (nSPS) is 42.9. The number of nitriles is 1. The maximum absolute atomic E-state index is 10.4. The van der Waals surface area contributed by atoms with Crippen molar-refractivity contribution in [3.63, 3.8) is 0 Å². The van der Waals surface area contributed by atoms with Gasteiger partial charge in [-0.15, -0.1) is 0 Å². The van der Waals surface area contributed by atoms with E-state index in [0.717, 1.165) is 49.7 Å². The largest absolute Gasteiger partial charge is 0.508 e. The molecule has 1 aromatic rings. The second-order valence-electron chi connectivity index (χ2n) is 7.78. The highest BCUT2D eigenvalue weighted by Gasteiger charge is 2.60. The van der Waals surface area contributed by atoms with E-state index in [0.29, 0.717) is 17.6 Å². The Morgan fingerprint density at radius 3 is 2.77 bits per heavy atom. The molecule has 0 unspecified atom stereocenters. The molecule has 3 heteroatoms. The van der Waals surface area contributed by atoms with Crippen LogP contribution in [0.2, 0.25) is 0 Å². The summed E-state index contributed by atoms with van der Waals surface area (Å²) in [6, 6.07) is 8.20. The molecule has 2 N–H and O–H groups in total. The topological polar surface area (TPSA) is 64.2 Å². The fraction of sp³-hybridized carbons (Fsp3) is 0.632. The molecule has 22 heavy (non-hydrogen) atoms. The van der Waals surface area contributed by atoms with Crippen LogP contribution in [0.3, 0.4) is 0 Å². The smallest absolute Gasteiger partial charge is 0.115 e. The fourth-order valence-corrected chi connectivity index (χ4v) is 5.77. The van der Waals surface area contributed by atoms with Crippen molar-refractivity contribution in [1.29, 1.82) is 5.26 Å². The second-order valence-corrected chi connectivity index (χ2v) is 7.78. The zero-order valence-corrected chi connectivity index (χ0v) is 13.0. The van der Waals surface area contributed by atoms with Gasteiger partial charge in [-0.3, -0.25) is 0 Å². The van der Waals surface area contributed by atoms with Crippen LogP contribution < -0.4 is 0 Å². The predicted molar refractivity (Wildman–Crippen MR) is 83.3 cm³/mol. The van der Waals surface area contributed by atoms with Gasteiger partial charge >= 0.3 is 0 Å². The lowest BCUT2D eigenvalue weighted by Gasteiger charge is -2.54. The van der Waals surface area contributed by atoms with Gasteiger partial charge in [0.25, 0.3) is 0 Å². The minimum Gasteiger partial charge on any atom is -0.508 e. The number of phenols is 1. The van der Waals surface area contributed by atoms with E-state index < -0.39 is 5.41 Å². The van der Waals surface area contributed by atoms with Crippen molar-refractivity contribution in [1.82, 2.24) is 0 Å². The Kier molecular flexibility index (Phi) is 2.87. The van der Waals surface area contributed by atoms with E-state index in [-0.39, 0.29) is 11.5 Å². The zero-order chi connectivity index (χ0) is 15.5. The molecule has 3 aliphatic rings. The Morgan fingerprint density at radius 1 is 1.18 bits per heavy atom. The fourth-order valence-electron chi connectivity index (χ4n) is 5.77. The Bertz CT molecular complexity index is 664. The van der Waals surface area contributed by atoms with Crippen LogP contribution in [0.15, 0.2) is 18.2 Å². The summed E-state index contributed by atoms with van der Waals surface area (Å²) in [6.07, 6.45) is 5.38. The average Bonchev–Trinajstić information content (AvgIpc) is 2.82. The van der Waals surface area contributed by atoms with E-state index >= 15 is 0 Å². The highest BCUT2D eigenvalue weighted by Crippen LogP contribution is 2.63. The highest BCUT2D eigenvalue weighted by atomic mass is 16.3. The van der Waals surface area contributed by atoms with Crippen LogP contribution >= 0.6 is 0 Å². The van der Waals surface area contributed by atoms with Gasteiger partial charge in [0.2, 0.25) is 0 Å². The maximum Gasteiger partial charge on any atom is 0.115 e. The first-order chi connectivity index (χ1) is 10.5. The number of aromatic hydroxyl groups is 1. The molecule has 116 valence electrons. The van der Waals surface area contributed by atoms with Gasteiger partial charge in [0.05, 0.1) is 17.6 Å². The maximum atomic E-state index is 10.4. The summed E-state index contributed by atoms with van der Waals surface area (Å²) in [7, 11) is 0. The zero-order valence-electron chi connectivity index (χ0n) is 13.0. The molecule has 0 amide bonds. The van der Waals surface area contributed by atoms with Crippen molar-refractivity contribution in [2.24, 2.45) is 17.3 Å². The first-order valence-electron chi connectivity index (χ1n) is 8.43. The molecule has 0 spiro atoms. The highest BCUT2D eigenvalue weighted by molar-refractivity contribution is 5.47. The molecule has 3 aliphatic carbocycles. The third-order valence-electron chi connectivity index (χ3n) is 7.03. The van der Waals surface area contributed by atoms with Crippen molar-refractivity contribution < 1.29 is 10.2 Å². The molecule has 2 saturated carbocycles. The van der Waals surface area contributed by atoms with E-state index in [9.17, 15) is 15.5 Å². The number of aliphatic hydroxyl groups excluding tert-OH is 1. The number of aliphatic hydroxyl groups is 1. The van der Waals surface area contributed by atoms with Gasteiger partial charge in [0, 0.05) is 0 Å². The van der Waals surface area contributed by atoms with Gasteiger partial charge < -0.3 is 10.2 Å². The Labute approximate surface area is 131 Å². The van der Waals surface area contributed by atoms with Crippen molar-refractivity contribution in [3.05, 3.63) is 29.3 Å². The van der Waals surface area contributed by atoms with Gasteiger partial charge in [-0.2, -0.15) is 5.26 Å². The summed E-state index contributed by atoms with van der Waals surface area (Å²) in [5.74, 6) is 1.07. The molecule has 0 heterocycles. The van der Waals surface area contributed by atoms with Crippen LogP contribution in [-0.2, 0) is 11.8 Å². The summed E-state index contributed by atoms with van der Waals surface area (Å²) in [5.41, 5.74) is 1.84. The molecule has 0 aromatic heterocycles. The lowest BCUT2D eigenvalue weighted by molar-refractivity contribution is -0.0371. The summed E-state index contributed by atoms with van der Waals surface area (Å²) in [6.45, 7) is 2.23. The van der Waals surface area contributed by atoms with Gasteiger partial charge in [-0.25, -0.2) is 0 Å². The van der Waals surface area contributed by atoms with Crippen LogP contribution in [-0.4, -0.2) is 16.3 Å². The number of aryl methyl sites for hydroxylation is 1. The van der Waals surface area contributed by atoms with Crippen LogP contribution in [0.1, 0.15) is 50.2 Å². The first-order valence-corrected chi connectivity index (χ1v) is 8.43. The molecule has 0 radical (unpaired) electrons. The van der Waals surface area contributed by atoms with Gasteiger partial charge in [0.15, 0.2) is 0 Å². The lowest BCUT2D eigenvalue weighted by Crippen LogP contribution is -2.52. The SMILES string of the molecule is C[C@]12CC[C@]3(C#N)c4ccc(O)cc4CC[C@H]3[C@@H]1CC[C@@H]2O. The standard InChI is InChI=1S/C19H23NO2/c1-18-8-9-19(11-20)14-5-3-13(21)10-12(14)2-4-16(19)15(18)6-7-17(18)22/h3,5,10,15-17,21-22H,2,4,6-9H2,1H3/t15-,16-,17-,18-,19-/m0/s1. The Morgan fingerprint density at radius 2 is 2.00 bits per heavy atom. The third kappa shape index (κ3) is 1.59. The molecule has 3 nitrogen and oxygen atoms in total. The Balaban J connectivity index is 1.84. The summed E-state index contributed by atoms with van der Waals surface area (Å²) in [4.78, 5) is 0. The first kappa shape index (κ1) is 14.1. The van der Waals surface area contributed by atoms with Crippen LogP contribution in [0.4, 0.5) is 0 Å². The van der Waals surface area contributed by atoms with Crippen LogP contribution in [0.5, 0.6) is 5.75 Å². The van der Waals surface area contributed by atoms with Gasteiger partial charge in [-0.05, 0) is 79.0 Å². The monoisotopic (exact) mass is 297 g/mol.